The van der Waals surface area contributed by atoms with E-state index in [0.29, 0.717) is 12.0 Å². The molecule has 0 radical (unpaired) electrons. The van der Waals surface area contributed by atoms with E-state index in [9.17, 15) is 26.3 Å². The van der Waals surface area contributed by atoms with Crippen LogP contribution >= 0.6 is 0 Å². The second-order valence-electron chi connectivity index (χ2n) is 18.1. The summed E-state index contributed by atoms with van der Waals surface area (Å²) in [6.07, 6.45) is -4.16. The van der Waals surface area contributed by atoms with Crippen LogP contribution in [0.5, 0.6) is 0 Å². The molecule has 0 amide bonds. The predicted octanol–water partition coefficient (Wildman–Crippen LogP) is 14.9. The van der Waals surface area contributed by atoms with E-state index in [4.69, 9.17) is 0 Å². The van der Waals surface area contributed by atoms with Gasteiger partial charge in [-0.2, -0.15) is 26.3 Å². The molecule has 2 nitrogen and oxygen atoms in total. The largest absolute Gasteiger partial charge is 0.416 e. The summed E-state index contributed by atoms with van der Waals surface area (Å²) in [4.78, 5) is 4.68. The van der Waals surface area contributed by atoms with E-state index >= 15 is 0 Å². The van der Waals surface area contributed by atoms with Crippen molar-refractivity contribution in [2.75, 3.05) is 9.80 Å². The summed E-state index contributed by atoms with van der Waals surface area (Å²) in [6, 6.07) is 54.8. The highest BCUT2D eigenvalue weighted by molar-refractivity contribution is 7.00. The van der Waals surface area contributed by atoms with Crippen LogP contribution in [0.1, 0.15) is 51.3 Å². The van der Waals surface area contributed by atoms with Gasteiger partial charge in [0.25, 0.3) is 6.71 Å². The van der Waals surface area contributed by atoms with Crippen LogP contribution in [-0.2, 0) is 12.4 Å². The third kappa shape index (κ3) is 7.32. The van der Waals surface area contributed by atoms with Crippen LogP contribution < -0.4 is 26.2 Å². The molecule has 0 aromatic heterocycles. The average Bonchev–Trinajstić information content (AvgIpc) is 3.33. The van der Waals surface area contributed by atoms with Crippen molar-refractivity contribution in [1.29, 1.82) is 0 Å². The number of benzene rings is 8. The SMILES string of the molecule is Cc1ccc2c(c1)B1c3cc(C)ccc3N(c3c(-c4ccccc4)cccc3-c3ccc(C(F)(F)F)cc3)c3cc(C)cc(c31)N2C1=C(c2ccccc2)C=CCC1c1ccc(C(F)(F)F)cc1. The van der Waals surface area contributed by atoms with Gasteiger partial charge < -0.3 is 9.80 Å². The maximum atomic E-state index is 14.0. The van der Waals surface area contributed by atoms with Crippen molar-refractivity contribution < 1.29 is 26.3 Å². The Bertz CT molecular complexity index is 3320. The van der Waals surface area contributed by atoms with Gasteiger partial charge in [0.2, 0.25) is 0 Å². The van der Waals surface area contributed by atoms with Crippen LogP contribution in [0.15, 0.2) is 194 Å². The number of rotatable bonds is 6. The van der Waals surface area contributed by atoms with E-state index in [-0.39, 0.29) is 12.6 Å². The highest BCUT2D eigenvalue weighted by atomic mass is 19.4. The van der Waals surface area contributed by atoms with Crippen molar-refractivity contribution in [2.24, 2.45) is 0 Å². The Morgan fingerprint density at radius 3 is 1.53 bits per heavy atom. The molecule has 8 aromatic rings. The van der Waals surface area contributed by atoms with Gasteiger partial charge in [0.05, 0.1) is 16.8 Å². The summed E-state index contributed by atoms with van der Waals surface area (Å²) < 4.78 is 84.2. The number of alkyl halides is 6. The summed E-state index contributed by atoms with van der Waals surface area (Å²) in [5.74, 6) is -0.335. The number of fused-ring (bicyclic) bond motifs is 4. The van der Waals surface area contributed by atoms with Crippen molar-refractivity contribution in [3.8, 4) is 22.3 Å². The molecule has 0 spiro atoms. The van der Waals surface area contributed by atoms with Gasteiger partial charge in [-0.15, -0.1) is 0 Å². The minimum absolute atomic E-state index is 0.235. The minimum Gasteiger partial charge on any atom is -0.314 e. The molecule has 11 rings (SSSR count). The molecule has 0 bridgehead atoms. The molecule has 334 valence electrons. The quantitative estimate of drug-likeness (QED) is 0.121. The third-order valence-corrected chi connectivity index (χ3v) is 13.6. The summed E-state index contributed by atoms with van der Waals surface area (Å²) in [5.41, 5.74) is 16.5. The first-order valence-electron chi connectivity index (χ1n) is 22.7. The summed E-state index contributed by atoms with van der Waals surface area (Å²) >= 11 is 0. The fraction of sp³-hybridized carbons (Fsp3) is 0.119. The van der Waals surface area contributed by atoms with Gasteiger partial charge in [0.1, 0.15) is 0 Å². The number of aryl methyl sites for hydroxylation is 3. The van der Waals surface area contributed by atoms with Gasteiger partial charge in [-0.25, -0.2) is 0 Å². The number of allylic oxidation sites excluding steroid dienone is 4. The summed E-state index contributed by atoms with van der Waals surface area (Å²) in [6.45, 7) is 6.03. The number of halogens is 6. The van der Waals surface area contributed by atoms with Crippen LogP contribution in [0.3, 0.4) is 0 Å². The van der Waals surface area contributed by atoms with Gasteiger partial charge in [0.15, 0.2) is 0 Å². The fourth-order valence-corrected chi connectivity index (χ4v) is 10.6. The zero-order chi connectivity index (χ0) is 47.1. The standard InChI is InChI=1S/C59H43BF6N2/c1-36-20-30-51-49(32-36)60-50-33-37(2)21-31-52(50)68(57-46(40-14-8-5-9-15-40)17-11-19-48(57)42-24-28-44(29-25-42)59(64,65)66)54-35-38(3)34-53(55(54)60)67(51)56-45(39-12-6-4-7-13-39)16-10-18-47(56)41-22-26-43(27-23-41)58(61,62)63/h4-18,20-35,48H,19H2,1-3H3. The molecule has 0 N–H and O–H groups in total. The van der Waals surface area contributed by atoms with E-state index in [0.717, 1.165) is 113 Å². The van der Waals surface area contributed by atoms with Crippen molar-refractivity contribution in [3.63, 3.8) is 0 Å². The fourth-order valence-electron chi connectivity index (χ4n) is 10.6. The van der Waals surface area contributed by atoms with Crippen LogP contribution in [-0.4, -0.2) is 6.71 Å². The molecule has 1 atom stereocenters. The lowest BCUT2D eigenvalue weighted by Gasteiger charge is -2.47. The number of hydrogen-bond acceptors (Lipinski definition) is 2. The number of nitrogens with zero attached hydrogens (tertiary/aromatic N) is 2. The van der Waals surface area contributed by atoms with Gasteiger partial charge in [-0.1, -0.05) is 151 Å². The number of hydrogen-bond donors (Lipinski definition) is 0. The molecule has 0 saturated carbocycles. The lowest BCUT2D eigenvalue weighted by molar-refractivity contribution is -0.138. The van der Waals surface area contributed by atoms with Crippen LogP contribution in [0.2, 0.25) is 0 Å². The van der Waals surface area contributed by atoms with Gasteiger partial charge in [0, 0.05) is 51.1 Å². The summed E-state index contributed by atoms with van der Waals surface area (Å²) in [5, 5.41) is 0. The van der Waals surface area contributed by atoms with Crippen molar-refractivity contribution in [2.45, 2.75) is 45.5 Å². The second-order valence-corrected chi connectivity index (χ2v) is 18.1. The van der Waals surface area contributed by atoms with E-state index in [1.807, 2.05) is 48.5 Å². The normalized spacial score (nSPS) is 15.3. The third-order valence-electron chi connectivity index (χ3n) is 13.6. The van der Waals surface area contributed by atoms with E-state index in [2.05, 4.69) is 122 Å². The molecule has 2 heterocycles. The zero-order valence-electron chi connectivity index (χ0n) is 37.4. The highest BCUT2D eigenvalue weighted by Crippen LogP contribution is 2.52. The molecule has 0 fully saturated rings. The van der Waals surface area contributed by atoms with Gasteiger partial charge in [-0.3, -0.25) is 0 Å². The lowest BCUT2D eigenvalue weighted by Crippen LogP contribution is -2.62. The van der Waals surface area contributed by atoms with Crippen LogP contribution in [0.25, 0.3) is 27.8 Å². The Kier molecular flexibility index (Phi) is 10.4. The first-order chi connectivity index (χ1) is 32.7. The van der Waals surface area contributed by atoms with Crippen molar-refractivity contribution in [1.82, 2.24) is 0 Å². The van der Waals surface area contributed by atoms with Crippen LogP contribution in [0, 0.1) is 20.8 Å². The Balaban J connectivity index is 1.23. The molecular weight excluding hydrogens is 861 g/mol. The maximum Gasteiger partial charge on any atom is 0.416 e. The minimum atomic E-state index is -4.50. The number of para-hydroxylation sites is 1. The molecule has 1 aliphatic carbocycles. The zero-order valence-corrected chi connectivity index (χ0v) is 37.4. The second kappa shape index (κ2) is 16.4. The first kappa shape index (κ1) is 43.1. The Hall–Kier alpha value is -7.52. The molecular formula is C59H43BF6N2. The Morgan fingerprint density at radius 2 is 0.971 bits per heavy atom. The Labute approximate surface area is 392 Å². The van der Waals surface area contributed by atoms with Gasteiger partial charge in [-0.05, 0) is 120 Å². The molecule has 2 aliphatic heterocycles. The average molecular weight is 905 g/mol. The molecule has 3 aliphatic rings. The smallest absolute Gasteiger partial charge is 0.314 e. The van der Waals surface area contributed by atoms with Crippen LogP contribution in [0.4, 0.5) is 54.8 Å². The van der Waals surface area contributed by atoms with Crippen molar-refractivity contribution in [3.05, 3.63) is 233 Å². The number of anilines is 5. The molecule has 68 heavy (non-hydrogen) atoms. The monoisotopic (exact) mass is 904 g/mol. The highest BCUT2D eigenvalue weighted by Gasteiger charge is 2.46. The lowest BCUT2D eigenvalue weighted by atomic mass is 9.33. The van der Waals surface area contributed by atoms with Gasteiger partial charge >= 0.3 is 12.4 Å². The predicted molar refractivity (Wildman–Crippen MR) is 266 cm³/mol. The molecule has 1 unspecified atom stereocenters. The Morgan fingerprint density at radius 1 is 0.471 bits per heavy atom. The van der Waals surface area contributed by atoms with Crippen molar-refractivity contribution >= 4 is 57.1 Å². The molecule has 8 aromatic carbocycles. The topological polar surface area (TPSA) is 6.48 Å². The van der Waals surface area contributed by atoms with E-state index < -0.39 is 23.5 Å². The first-order valence-corrected chi connectivity index (χ1v) is 22.7. The molecule has 0 saturated heterocycles. The maximum absolute atomic E-state index is 14.0. The van der Waals surface area contributed by atoms with E-state index in [1.54, 1.807) is 24.3 Å². The summed E-state index contributed by atoms with van der Waals surface area (Å²) in [7, 11) is 0. The van der Waals surface area contributed by atoms with E-state index in [1.165, 1.54) is 12.1 Å². The molecule has 9 heteroatoms.